The van der Waals surface area contributed by atoms with Crippen LogP contribution in [0.1, 0.15) is 42.0 Å². The van der Waals surface area contributed by atoms with Crippen LogP contribution in [0.2, 0.25) is 0 Å². The Hall–Kier alpha value is -2.97. The molecular weight excluding hydrogens is 430 g/mol. The molecule has 0 unspecified atom stereocenters. The van der Waals surface area contributed by atoms with Gasteiger partial charge in [0.2, 0.25) is 10.0 Å². The summed E-state index contributed by atoms with van der Waals surface area (Å²) in [4.78, 5) is 25.3. The number of nitrogens with one attached hydrogen (secondary N) is 1. The zero-order chi connectivity index (χ0) is 23.0. The molecule has 0 bridgehead atoms. The normalized spacial score (nSPS) is 14.7. The van der Waals surface area contributed by atoms with Gasteiger partial charge in [0.1, 0.15) is 17.4 Å². The summed E-state index contributed by atoms with van der Waals surface area (Å²) < 4.78 is 38.8. The summed E-state index contributed by atoms with van der Waals surface area (Å²) in [6.45, 7) is 5.10. The molecule has 0 spiro atoms. The van der Waals surface area contributed by atoms with E-state index in [4.69, 9.17) is 9.15 Å². The monoisotopic (exact) mass is 455 g/mol. The summed E-state index contributed by atoms with van der Waals surface area (Å²) in [5.41, 5.74) is 3.17. The topological polar surface area (TPSA) is 103 Å². The average Bonchev–Trinajstić information content (AvgIpc) is 2.73. The first-order valence-electron chi connectivity index (χ1n) is 10.6. The summed E-state index contributed by atoms with van der Waals surface area (Å²) in [5.74, 6) is -0.475. The van der Waals surface area contributed by atoms with Crippen LogP contribution in [0.5, 0.6) is 5.75 Å². The first-order valence-corrected chi connectivity index (χ1v) is 12.0. The molecule has 32 heavy (non-hydrogen) atoms. The van der Waals surface area contributed by atoms with Gasteiger partial charge in [-0.25, -0.2) is 18.0 Å². The van der Waals surface area contributed by atoms with Crippen LogP contribution in [0.3, 0.4) is 0 Å². The Labute approximate surface area is 186 Å². The lowest BCUT2D eigenvalue weighted by molar-refractivity contribution is -0.135. The maximum absolute atomic E-state index is 12.8. The fraction of sp³-hybridized carbons (Fsp3) is 0.333. The summed E-state index contributed by atoms with van der Waals surface area (Å²) in [6.07, 6.45) is 3.16. The standard InChI is InChI=1S/C24H25NO6S/c1-14-8-10-17(11-9-14)32(28,29)25-16(3)23(26)30-20-12-15(2)13-21-22(20)18-6-4-5-7-19(18)24(27)31-21/h8-13,16,25H,4-7H2,1-3H3/t16-/m1/s1. The van der Waals surface area contributed by atoms with Crippen LogP contribution in [0, 0.1) is 13.8 Å². The lowest BCUT2D eigenvalue weighted by atomic mass is 9.90. The largest absolute Gasteiger partial charge is 0.425 e. The zero-order valence-corrected chi connectivity index (χ0v) is 19.0. The zero-order valence-electron chi connectivity index (χ0n) is 18.2. The van der Waals surface area contributed by atoms with E-state index in [0.29, 0.717) is 29.4 Å². The van der Waals surface area contributed by atoms with Crippen molar-refractivity contribution in [1.29, 1.82) is 0 Å². The molecule has 4 rings (SSSR count). The molecule has 1 atom stereocenters. The molecule has 7 nitrogen and oxygen atoms in total. The lowest BCUT2D eigenvalue weighted by Gasteiger charge is -2.19. The van der Waals surface area contributed by atoms with E-state index in [9.17, 15) is 18.0 Å². The van der Waals surface area contributed by atoms with Crippen molar-refractivity contribution < 1.29 is 22.4 Å². The maximum Gasteiger partial charge on any atom is 0.339 e. The van der Waals surface area contributed by atoms with E-state index in [0.717, 1.165) is 29.5 Å². The number of hydrogen-bond acceptors (Lipinski definition) is 6. The lowest BCUT2D eigenvalue weighted by Crippen LogP contribution is -2.40. The van der Waals surface area contributed by atoms with Crippen molar-refractivity contribution in [3.8, 4) is 5.75 Å². The SMILES string of the molecule is Cc1ccc(S(=O)(=O)N[C@H](C)C(=O)Oc2cc(C)cc3oc(=O)c4c(c23)CCCC4)cc1. The van der Waals surface area contributed by atoms with E-state index in [1.165, 1.54) is 19.1 Å². The van der Waals surface area contributed by atoms with Crippen molar-refractivity contribution in [3.63, 3.8) is 0 Å². The van der Waals surface area contributed by atoms with Crippen LogP contribution in [0.15, 0.2) is 50.5 Å². The van der Waals surface area contributed by atoms with Gasteiger partial charge in [-0.05, 0) is 81.8 Å². The molecule has 1 aliphatic rings. The number of rotatable bonds is 5. The summed E-state index contributed by atoms with van der Waals surface area (Å²) >= 11 is 0. The number of benzene rings is 2. The number of aryl methyl sites for hydroxylation is 3. The van der Waals surface area contributed by atoms with E-state index in [2.05, 4.69) is 4.72 Å². The second-order valence-corrected chi connectivity index (χ2v) is 9.98. The van der Waals surface area contributed by atoms with E-state index in [1.54, 1.807) is 31.2 Å². The fourth-order valence-corrected chi connectivity index (χ4v) is 5.20. The van der Waals surface area contributed by atoms with Crippen LogP contribution in [0.4, 0.5) is 0 Å². The highest BCUT2D eigenvalue weighted by molar-refractivity contribution is 7.89. The van der Waals surface area contributed by atoms with Crippen LogP contribution in [-0.2, 0) is 27.7 Å². The van der Waals surface area contributed by atoms with Gasteiger partial charge >= 0.3 is 11.6 Å². The molecule has 1 aliphatic carbocycles. The van der Waals surface area contributed by atoms with Crippen molar-refractivity contribution in [2.75, 3.05) is 0 Å². The Kier molecular flexibility index (Phi) is 5.92. The minimum absolute atomic E-state index is 0.0691. The highest BCUT2D eigenvalue weighted by atomic mass is 32.2. The minimum Gasteiger partial charge on any atom is -0.425 e. The van der Waals surface area contributed by atoms with Crippen LogP contribution < -0.4 is 15.1 Å². The summed E-state index contributed by atoms with van der Waals surface area (Å²) in [6, 6.07) is 8.67. The van der Waals surface area contributed by atoms with Crippen molar-refractivity contribution in [2.24, 2.45) is 0 Å². The van der Waals surface area contributed by atoms with Crippen molar-refractivity contribution in [1.82, 2.24) is 4.72 Å². The maximum atomic E-state index is 12.8. The van der Waals surface area contributed by atoms with E-state index in [-0.39, 0.29) is 16.3 Å². The predicted octanol–water partition coefficient (Wildman–Crippen LogP) is 3.56. The Morgan fingerprint density at radius 3 is 2.38 bits per heavy atom. The van der Waals surface area contributed by atoms with E-state index >= 15 is 0 Å². The molecule has 2 aromatic carbocycles. The van der Waals surface area contributed by atoms with Crippen molar-refractivity contribution in [2.45, 2.75) is 57.4 Å². The predicted molar refractivity (Wildman–Crippen MR) is 120 cm³/mol. The molecule has 3 aromatic rings. The average molecular weight is 456 g/mol. The van der Waals surface area contributed by atoms with E-state index in [1.807, 2.05) is 6.92 Å². The quantitative estimate of drug-likeness (QED) is 0.359. The first-order chi connectivity index (χ1) is 15.2. The first kappa shape index (κ1) is 22.2. The number of hydrogen-bond donors (Lipinski definition) is 1. The number of esters is 1. The van der Waals surface area contributed by atoms with Gasteiger partial charge in [0.05, 0.1) is 10.3 Å². The molecule has 0 amide bonds. The third kappa shape index (κ3) is 4.33. The van der Waals surface area contributed by atoms with Gasteiger partial charge in [-0.2, -0.15) is 4.72 Å². The Morgan fingerprint density at radius 2 is 1.69 bits per heavy atom. The molecule has 1 N–H and O–H groups in total. The van der Waals surface area contributed by atoms with Gasteiger partial charge in [-0.15, -0.1) is 0 Å². The smallest absolute Gasteiger partial charge is 0.339 e. The highest BCUT2D eigenvalue weighted by Crippen LogP contribution is 2.34. The van der Waals surface area contributed by atoms with Crippen LogP contribution in [0.25, 0.3) is 11.0 Å². The third-order valence-corrected chi connectivity index (χ3v) is 7.21. The molecule has 1 aromatic heterocycles. The number of carbonyl (C=O) groups excluding carboxylic acids is 1. The highest BCUT2D eigenvalue weighted by Gasteiger charge is 2.26. The number of carbonyl (C=O) groups is 1. The Balaban J connectivity index is 1.65. The minimum atomic E-state index is -3.89. The van der Waals surface area contributed by atoms with E-state index < -0.39 is 22.0 Å². The molecule has 0 radical (unpaired) electrons. The molecule has 0 aliphatic heterocycles. The number of sulfonamides is 1. The third-order valence-electron chi connectivity index (χ3n) is 5.66. The Morgan fingerprint density at radius 1 is 1.03 bits per heavy atom. The summed E-state index contributed by atoms with van der Waals surface area (Å²) in [5, 5.41) is 0.604. The van der Waals surface area contributed by atoms with Gasteiger partial charge in [-0.3, -0.25) is 0 Å². The molecular formula is C24H25NO6S. The van der Waals surface area contributed by atoms with Crippen LogP contribution >= 0.6 is 0 Å². The molecule has 1 heterocycles. The molecule has 0 saturated carbocycles. The van der Waals surface area contributed by atoms with Gasteiger partial charge < -0.3 is 9.15 Å². The molecule has 0 fully saturated rings. The second kappa shape index (κ2) is 8.52. The van der Waals surface area contributed by atoms with Gasteiger partial charge in [0.25, 0.3) is 0 Å². The van der Waals surface area contributed by atoms with Crippen molar-refractivity contribution >= 4 is 27.0 Å². The van der Waals surface area contributed by atoms with Crippen LogP contribution in [-0.4, -0.2) is 20.4 Å². The van der Waals surface area contributed by atoms with Crippen molar-refractivity contribution in [3.05, 3.63) is 69.1 Å². The summed E-state index contributed by atoms with van der Waals surface area (Å²) in [7, 11) is -3.89. The van der Waals surface area contributed by atoms with Gasteiger partial charge in [-0.1, -0.05) is 17.7 Å². The van der Waals surface area contributed by atoms with Gasteiger partial charge in [0.15, 0.2) is 0 Å². The fourth-order valence-electron chi connectivity index (χ4n) is 4.01. The van der Waals surface area contributed by atoms with Gasteiger partial charge in [0, 0.05) is 5.56 Å². The molecule has 0 saturated heterocycles. The molecule has 8 heteroatoms. The Bertz CT molecular complexity index is 1360. The molecule has 168 valence electrons. The second-order valence-electron chi connectivity index (χ2n) is 8.27. The number of fused-ring (bicyclic) bond motifs is 3. The number of ether oxygens (including phenoxy) is 1.